The molecule has 5 rings (SSSR count). The normalized spacial score (nSPS) is 16.7. The Morgan fingerprint density at radius 3 is 2.70 bits per heavy atom. The molecule has 1 saturated heterocycles. The Balaban J connectivity index is 1.43. The molecule has 12 heteroatoms. The summed E-state index contributed by atoms with van der Waals surface area (Å²) in [5.41, 5.74) is 7.48. The van der Waals surface area contributed by atoms with Crippen molar-refractivity contribution in [2.75, 3.05) is 37.3 Å². The van der Waals surface area contributed by atoms with Crippen molar-refractivity contribution in [2.24, 2.45) is 0 Å². The second kappa shape index (κ2) is 9.79. The van der Waals surface area contributed by atoms with Gasteiger partial charge in [-0.3, -0.25) is 14.1 Å². The summed E-state index contributed by atoms with van der Waals surface area (Å²) in [7, 11) is 0. The Hall–Kier alpha value is -4.03. The monoisotopic (exact) mass is 511 g/mol. The van der Waals surface area contributed by atoms with Gasteiger partial charge in [-0.15, -0.1) is 0 Å². The van der Waals surface area contributed by atoms with E-state index in [1.54, 1.807) is 36.7 Å². The Labute approximate surface area is 210 Å². The minimum atomic E-state index is -4.54. The highest BCUT2D eigenvalue weighted by Gasteiger charge is 2.31. The lowest BCUT2D eigenvalue weighted by Crippen LogP contribution is -2.38. The molecule has 1 aromatic carbocycles. The number of carbonyl (C=O) groups excluding carboxylic acids is 1. The Morgan fingerprint density at radius 1 is 1.19 bits per heavy atom. The second-order valence-corrected chi connectivity index (χ2v) is 8.56. The number of hydrogen-bond acceptors (Lipinski definition) is 7. The lowest BCUT2D eigenvalue weighted by atomic mass is 10.1. The summed E-state index contributed by atoms with van der Waals surface area (Å²) in [6, 6.07) is 8.15. The van der Waals surface area contributed by atoms with Crippen LogP contribution in [0.15, 0.2) is 55.0 Å². The minimum absolute atomic E-state index is 0.193. The molecule has 0 radical (unpaired) electrons. The van der Waals surface area contributed by atoms with Crippen molar-refractivity contribution in [3.63, 3.8) is 0 Å². The molecule has 0 saturated carbocycles. The number of nitrogen functional groups attached to an aromatic ring is 1. The van der Waals surface area contributed by atoms with Crippen molar-refractivity contribution in [1.82, 2.24) is 24.3 Å². The van der Waals surface area contributed by atoms with Crippen LogP contribution in [0.5, 0.6) is 0 Å². The Morgan fingerprint density at radius 2 is 1.97 bits per heavy atom. The molecule has 4 heterocycles. The fourth-order valence-corrected chi connectivity index (χ4v) is 4.30. The van der Waals surface area contributed by atoms with Crippen molar-refractivity contribution in [3.05, 3.63) is 71.9 Å². The van der Waals surface area contributed by atoms with E-state index in [9.17, 15) is 18.0 Å². The van der Waals surface area contributed by atoms with Gasteiger partial charge in [0.2, 0.25) is 0 Å². The molecule has 192 valence electrons. The number of nitrogens with zero attached hydrogens (tertiary/aromatic N) is 5. The average molecular weight is 512 g/mol. The maximum atomic E-state index is 13.0. The number of anilines is 2. The molecule has 3 aromatic heterocycles. The smallest absolute Gasteiger partial charge is 0.382 e. The highest BCUT2D eigenvalue weighted by atomic mass is 19.4. The van der Waals surface area contributed by atoms with Crippen molar-refractivity contribution < 1.29 is 22.7 Å². The van der Waals surface area contributed by atoms with Gasteiger partial charge in [0.25, 0.3) is 5.91 Å². The number of imidazole rings is 1. The van der Waals surface area contributed by atoms with Crippen LogP contribution in [0.4, 0.5) is 24.8 Å². The zero-order chi connectivity index (χ0) is 26.2. The average Bonchev–Trinajstić information content (AvgIpc) is 3.29. The topological polar surface area (TPSA) is 111 Å². The standard InChI is InChI=1S/C25H24F3N7O2/c1-2-34-11-12-37-18(14-34)23-33-20(21-22(29)31-9-10-35(21)23)15-3-5-16(6-4-15)24(36)32-19-13-17(7-8-30-19)25(26,27)28/h3-10,13,18H,2,11-12,14H2,1H3,(H2,29,31)(H,30,32,36)/t18-/m1/s1. The summed E-state index contributed by atoms with van der Waals surface area (Å²) in [4.78, 5) is 27.8. The van der Waals surface area contributed by atoms with Gasteiger partial charge < -0.3 is 15.8 Å². The maximum absolute atomic E-state index is 13.0. The van der Waals surface area contributed by atoms with E-state index in [4.69, 9.17) is 15.5 Å². The maximum Gasteiger partial charge on any atom is 0.416 e. The third-order valence-corrected chi connectivity index (χ3v) is 6.25. The number of rotatable bonds is 5. The number of halogens is 3. The molecule has 1 fully saturated rings. The van der Waals surface area contributed by atoms with Gasteiger partial charge in [0.15, 0.2) is 0 Å². The molecule has 0 unspecified atom stereocenters. The number of fused-ring (bicyclic) bond motifs is 1. The van der Waals surface area contributed by atoms with Gasteiger partial charge in [0, 0.05) is 42.8 Å². The SMILES string of the molecule is CCN1CCO[C@@H](c2nc(-c3ccc(C(=O)Nc4cc(C(F)(F)F)ccn4)cc3)c3c(N)nccn23)C1. The van der Waals surface area contributed by atoms with Gasteiger partial charge in [0.1, 0.15) is 34.8 Å². The first-order valence-electron chi connectivity index (χ1n) is 11.7. The highest BCUT2D eigenvalue weighted by molar-refractivity contribution is 6.04. The summed E-state index contributed by atoms with van der Waals surface area (Å²) in [6.45, 7) is 5.14. The first kappa shape index (κ1) is 24.7. The zero-order valence-electron chi connectivity index (χ0n) is 19.9. The Kier molecular flexibility index (Phi) is 6.52. The Bertz CT molecular complexity index is 1440. The summed E-state index contributed by atoms with van der Waals surface area (Å²) < 4.78 is 46.8. The van der Waals surface area contributed by atoms with Crippen molar-refractivity contribution >= 4 is 23.1 Å². The molecule has 1 atom stereocenters. The van der Waals surface area contributed by atoms with Crippen molar-refractivity contribution in [3.8, 4) is 11.3 Å². The van der Waals surface area contributed by atoms with Crippen molar-refractivity contribution in [1.29, 1.82) is 0 Å². The van der Waals surface area contributed by atoms with Crippen LogP contribution in [-0.4, -0.2) is 56.4 Å². The third-order valence-electron chi connectivity index (χ3n) is 6.25. The summed E-state index contributed by atoms with van der Waals surface area (Å²) >= 11 is 0. The number of amides is 1. The summed E-state index contributed by atoms with van der Waals surface area (Å²) in [5, 5.41) is 2.40. The van der Waals surface area contributed by atoms with Gasteiger partial charge >= 0.3 is 6.18 Å². The zero-order valence-corrected chi connectivity index (χ0v) is 19.9. The molecular weight excluding hydrogens is 487 g/mol. The van der Waals surface area contributed by atoms with E-state index in [0.717, 1.165) is 31.4 Å². The molecule has 4 aromatic rings. The number of pyridine rings is 1. The number of nitrogens with two attached hydrogens (primary N) is 1. The molecule has 0 aliphatic carbocycles. The van der Waals surface area contributed by atoms with E-state index in [1.807, 2.05) is 4.40 Å². The quantitative estimate of drug-likeness (QED) is 0.416. The molecule has 9 nitrogen and oxygen atoms in total. The van der Waals surface area contributed by atoms with Gasteiger partial charge in [-0.1, -0.05) is 19.1 Å². The third kappa shape index (κ3) is 4.98. The largest absolute Gasteiger partial charge is 0.416 e. The summed E-state index contributed by atoms with van der Waals surface area (Å²) in [5.74, 6) is 0.220. The number of morpholine rings is 1. The number of alkyl halides is 3. The van der Waals surface area contributed by atoms with E-state index >= 15 is 0 Å². The van der Waals surface area contributed by atoms with Gasteiger partial charge in [-0.25, -0.2) is 15.0 Å². The molecule has 0 bridgehead atoms. The van der Waals surface area contributed by atoms with Crippen LogP contribution < -0.4 is 11.1 Å². The molecule has 37 heavy (non-hydrogen) atoms. The number of benzene rings is 1. The fourth-order valence-electron chi connectivity index (χ4n) is 4.30. The minimum Gasteiger partial charge on any atom is -0.382 e. The molecular formula is C25H24F3N7O2. The lowest BCUT2D eigenvalue weighted by molar-refractivity contribution is -0.137. The predicted octanol–water partition coefficient (Wildman–Crippen LogP) is 4.04. The van der Waals surface area contributed by atoms with Crippen LogP contribution in [0.25, 0.3) is 16.8 Å². The van der Waals surface area contributed by atoms with Crippen LogP contribution in [0.2, 0.25) is 0 Å². The van der Waals surface area contributed by atoms with E-state index in [1.165, 1.54) is 0 Å². The van der Waals surface area contributed by atoms with Crippen LogP contribution in [0.1, 0.15) is 34.8 Å². The van der Waals surface area contributed by atoms with Crippen LogP contribution >= 0.6 is 0 Å². The number of likely N-dealkylation sites (N-methyl/N-ethyl adjacent to an activating group) is 1. The van der Waals surface area contributed by atoms with E-state index in [-0.39, 0.29) is 17.5 Å². The summed E-state index contributed by atoms with van der Waals surface area (Å²) in [6.07, 6.45) is -0.397. The van der Waals surface area contributed by atoms with E-state index in [2.05, 4.69) is 27.1 Å². The number of hydrogen-bond donors (Lipinski definition) is 2. The molecule has 3 N–H and O–H groups in total. The van der Waals surface area contributed by atoms with Gasteiger partial charge in [-0.05, 0) is 30.8 Å². The highest BCUT2D eigenvalue weighted by Crippen LogP contribution is 2.33. The number of aromatic nitrogens is 4. The van der Waals surface area contributed by atoms with E-state index in [0.29, 0.717) is 41.6 Å². The van der Waals surface area contributed by atoms with Crippen LogP contribution in [0.3, 0.4) is 0 Å². The number of carbonyl (C=O) groups is 1. The molecule has 1 amide bonds. The van der Waals surface area contributed by atoms with E-state index < -0.39 is 17.6 Å². The molecule has 0 spiro atoms. The predicted molar refractivity (Wildman–Crippen MR) is 131 cm³/mol. The first-order chi connectivity index (χ1) is 17.7. The van der Waals surface area contributed by atoms with Crippen LogP contribution in [-0.2, 0) is 10.9 Å². The molecule has 1 aliphatic heterocycles. The van der Waals surface area contributed by atoms with Gasteiger partial charge in [0.05, 0.1) is 12.2 Å². The molecule has 1 aliphatic rings. The van der Waals surface area contributed by atoms with Crippen molar-refractivity contribution in [2.45, 2.75) is 19.2 Å². The van der Waals surface area contributed by atoms with Gasteiger partial charge in [-0.2, -0.15) is 13.2 Å². The second-order valence-electron chi connectivity index (χ2n) is 8.56. The van der Waals surface area contributed by atoms with Crippen LogP contribution in [0, 0.1) is 0 Å². The first-order valence-corrected chi connectivity index (χ1v) is 11.7. The number of nitrogens with one attached hydrogen (secondary N) is 1. The fraction of sp³-hybridized carbons (Fsp3) is 0.280. The number of ether oxygens (including phenoxy) is 1. The lowest BCUT2D eigenvalue weighted by Gasteiger charge is -2.31.